The van der Waals surface area contributed by atoms with Crippen LogP contribution in [-0.2, 0) is 6.54 Å². The summed E-state index contributed by atoms with van der Waals surface area (Å²) in [5.41, 5.74) is 2.28. The number of nitrogens with one attached hydrogen (secondary N) is 2. The number of likely N-dealkylation sites (tertiary alicyclic amines) is 1. The van der Waals surface area contributed by atoms with Gasteiger partial charge >= 0.3 is 0 Å². The zero-order valence-corrected chi connectivity index (χ0v) is 19.7. The molecule has 1 unspecified atom stereocenters. The summed E-state index contributed by atoms with van der Waals surface area (Å²) in [6.07, 6.45) is 8.48. The highest BCUT2D eigenvalue weighted by Gasteiger charge is 2.30. The molecule has 2 N–H and O–H groups in total. The SMILES string of the molecule is CN=C(NCc1ncc(-c2ccc(C)cc2)o1)NC1CCN(C2CCCC2)C1.I. The molecule has 6 nitrogen and oxygen atoms in total. The molecule has 2 fully saturated rings. The second-order valence-corrected chi connectivity index (χ2v) is 7.97. The van der Waals surface area contributed by atoms with Crippen LogP contribution >= 0.6 is 24.0 Å². The topological polar surface area (TPSA) is 65.7 Å². The number of aryl methyl sites for hydroxylation is 1. The summed E-state index contributed by atoms with van der Waals surface area (Å²) in [4.78, 5) is 11.4. The standard InChI is InChI=1S/C22H31N5O.HI/c1-16-7-9-17(10-8-16)20-13-24-21(28-20)14-25-22(23-2)26-18-11-12-27(15-18)19-5-3-4-6-19;/h7-10,13,18-19H,3-6,11-12,14-15H2,1-2H3,(H2,23,25,26);1H. The Bertz CT molecular complexity index is 798. The molecule has 158 valence electrons. The van der Waals surface area contributed by atoms with E-state index in [1.165, 1.54) is 44.2 Å². The van der Waals surface area contributed by atoms with Gasteiger partial charge in [0.2, 0.25) is 5.89 Å². The minimum Gasteiger partial charge on any atom is -0.439 e. The monoisotopic (exact) mass is 509 g/mol. The Kier molecular flexibility index (Phi) is 7.94. The summed E-state index contributed by atoms with van der Waals surface area (Å²) >= 11 is 0. The number of hydrogen-bond acceptors (Lipinski definition) is 4. The zero-order valence-electron chi connectivity index (χ0n) is 17.4. The summed E-state index contributed by atoms with van der Waals surface area (Å²) in [5, 5.41) is 6.90. The molecule has 1 aromatic heterocycles. The molecule has 0 bridgehead atoms. The number of aliphatic imine (C=N–C) groups is 1. The minimum absolute atomic E-state index is 0. The van der Waals surface area contributed by atoms with Gasteiger partial charge in [-0.05, 0) is 26.2 Å². The predicted octanol–water partition coefficient (Wildman–Crippen LogP) is 3.95. The van der Waals surface area contributed by atoms with Crippen LogP contribution in [0.2, 0.25) is 0 Å². The van der Waals surface area contributed by atoms with Crippen LogP contribution in [0.15, 0.2) is 39.9 Å². The van der Waals surface area contributed by atoms with Crippen molar-refractivity contribution in [2.75, 3.05) is 20.1 Å². The highest BCUT2D eigenvalue weighted by molar-refractivity contribution is 14.0. The number of hydrogen-bond donors (Lipinski definition) is 2. The van der Waals surface area contributed by atoms with E-state index in [0.717, 1.165) is 29.9 Å². The molecule has 2 aliphatic rings. The predicted molar refractivity (Wildman–Crippen MR) is 128 cm³/mol. The lowest BCUT2D eigenvalue weighted by atomic mass is 10.1. The Hall–Kier alpha value is -1.61. The number of halogens is 1. The molecule has 1 saturated heterocycles. The number of guanidine groups is 1. The second-order valence-electron chi connectivity index (χ2n) is 7.97. The largest absolute Gasteiger partial charge is 0.439 e. The molecule has 2 aromatic rings. The van der Waals surface area contributed by atoms with E-state index in [-0.39, 0.29) is 24.0 Å². The minimum atomic E-state index is 0. The Morgan fingerprint density at radius 1 is 1.21 bits per heavy atom. The number of oxazole rings is 1. The summed E-state index contributed by atoms with van der Waals surface area (Å²) in [5.74, 6) is 2.27. The van der Waals surface area contributed by atoms with Crippen LogP contribution in [0.4, 0.5) is 0 Å². The van der Waals surface area contributed by atoms with Crippen LogP contribution in [0.25, 0.3) is 11.3 Å². The van der Waals surface area contributed by atoms with Crippen LogP contribution in [0.3, 0.4) is 0 Å². The van der Waals surface area contributed by atoms with Gasteiger partial charge in [0.15, 0.2) is 11.7 Å². The maximum absolute atomic E-state index is 5.89. The number of aromatic nitrogens is 1. The third kappa shape index (κ3) is 5.72. The molecule has 1 aromatic carbocycles. The van der Waals surface area contributed by atoms with Crippen LogP contribution < -0.4 is 10.6 Å². The van der Waals surface area contributed by atoms with Gasteiger partial charge in [-0.1, -0.05) is 42.7 Å². The molecule has 0 radical (unpaired) electrons. The third-order valence-electron chi connectivity index (χ3n) is 5.92. The fourth-order valence-corrected chi connectivity index (χ4v) is 4.30. The lowest BCUT2D eigenvalue weighted by molar-refractivity contribution is 0.242. The van der Waals surface area contributed by atoms with Gasteiger partial charge in [-0.25, -0.2) is 4.98 Å². The molecule has 1 aliphatic heterocycles. The zero-order chi connectivity index (χ0) is 19.3. The van der Waals surface area contributed by atoms with E-state index in [9.17, 15) is 0 Å². The van der Waals surface area contributed by atoms with E-state index in [1.54, 1.807) is 6.20 Å². The van der Waals surface area contributed by atoms with E-state index in [2.05, 4.69) is 56.7 Å². The van der Waals surface area contributed by atoms with Crippen molar-refractivity contribution in [1.29, 1.82) is 0 Å². The average Bonchev–Trinajstić information content (AvgIpc) is 3.47. The normalized spacial score (nSPS) is 20.6. The highest BCUT2D eigenvalue weighted by atomic mass is 127. The molecule has 7 heteroatoms. The summed E-state index contributed by atoms with van der Waals surface area (Å²) < 4.78 is 5.89. The fourth-order valence-electron chi connectivity index (χ4n) is 4.30. The molecule has 4 rings (SSSR count). The van der Waals surface area contributed by atoms with Crippen molar-refractivity contribution < 1.29 is 4.42 Å². The first-order valence-electron chi connectivity index (χ1n) is 10.4. The Morgan fingerprint density at radius 3 is 2.69 bits per heavy atom. The second kappa shape index (κ2) is 10.4. The molecule has 29 heavy (non-hydrogen) atoms. The molecule has 1 atom stereocenters. The van der Waals surface area contributed by atoms with E-state index >= 15 is 0 Å². The van der Waals surface area contributed by atoms with Gasteiger partial charge in [-0.3, -0.25) is 9.89 Å². The Balaban J connectivity index is 0.00000240. The molecule has 0 amide bonds. The molecule has 2 heterocycles. The lowest BCUT2D eigenvalue weighted by Crippen LogP contribution is -2.45. The van der Waals surface area contributed by atoms with Gasteiger partial charge in [-0.2, -0.15) is 0 Å². The number of nitrogens with zero attached hydrogens (tertiary/aromatic N) is 3. The van der Waals surface area contributed by atoms with E-state index in [4.69, 9.17) is 4.42 Å². The molecule has 1 saturated carbocycles. The summed E-state index contributed by atoms with van der Waals surface area (Å²) in [6, 6.07) is 9.54. The van der Waals surface area contributed by atoms with Gasteiger partial charge in [0.05, 0.1) is 12.7 Å². The maximum Gasteiger partial charge on any atom is 0.214 e. The van der Waals surface area contributed by atoms with E-state index in [1.807, 2.05) is 7.05 Å². The molecular weight excluding hydrogens is 477 g/mol. The van der Waals surface area contributed by atoms with E-state index < -0.39 is 0 Å². The molecule has 0 spiro atoms. The first-order chi connectivity index (χ1) is 13.7. The van der Waals surface area contributed by atoms with Crippen molar-refractivity contribution in [2.45, 2.75) is 57.7 Å². The van der Waals surface area contributed by atoms with Crippen molar-refractivity contribution in [1.82, 2.24) is 20.5 Å². The lowest BCUT2D eigenvalue weighted by Gasteiger charge is -2.24. The van der Waals surface area contributed by atoms with Crippen molar-refractivity contribution in [3.05, 3.63) is 41.9 Å². The van der Waals surface area contributed by atoms with Crippen LogP contribution in [0.5, 0.6) is 0 Å². The number of rotatable bonds is 5. The Labute approximate surface area is 190 Å². The summed E-state index contributed by atoms with van der Waals surface area (Å²) in [6.45, 7) is 4.90. The van der Waals surface area contributed by atoms with Crippen LogP contribution in [0, 0.1) is 6.92 Å². The van der Waals surface area contributed by atoms with E-state index in [0.29, 0.717) is 18.5 Å². The van der Waals surface area contributed by atoms with Crippen molar-refractivity contribution in [3.63, 3.8) is 0 Å². The van der Waals surface area contributed by atoms with Crippen molar-refractivity contribution >= 4 is 29.9 Å². The van der Waals surface area contributed by atoms with Gasteiger partial charge in [0, 0.05) is 37.8 Å². The fraction of sp³-hybridized carbons (Fsp3) is 0.545. The molecule has 1 aliphatic carbocycles. The van der Waals surface area contributed by atoms with Gasteiger partial charge in [0.25, 0.3) is 0 Å². The molecular formula is C22H32IN5O. The first-order valence-corrected chi connectivity index (χ1v) is 10.4. The maximum atomic E-state index is 5.89. The van der Waals surface area contributed by atoms with Crippen LogP contribution in [-0.4, -0.2) is 48.1 Å². The van der Waals surface area contributed by atoms with Crippen molar-refractivity contribution in [3.8, 4) is 11.3 Å². The third-order valence-corrected chi connectivity index (χ3v) is 5.92. The highest BCUT2D eigenvalue weighted by Crippen LogP contribution is 2.26. The summed E-state index contributed by atoms with van der Waals surface area (Å²) in [7, 11) is 1.81. The average molecular weight is 509 g/mol. The van der Waals surface area contributed by atoms with Gasteiger partial charge < -0.3 is 15.1 Å². The smallest absolute Gasteiger partial charge is 0.214 e. The van der Waals surface area contributed by atoms with Crippen LogP contribution in [0.1, 0.15) is 43.6 Å². The Morgan fingerprint density at radius 2 is 1.97 bits per heavy atom. The van der Waals surface area contributed by atoms with Gasteiger partial charge in [0.1, 0.15) is 0 Å². The quantitative estimate of drug-likeness (QED) is 0.363. The van der Waals surface area contributed by atoms with Crippen molar-refractivity contribution in [2.24, 2.45) is 4.99 Å². The first kappa shape index (κ1) is 22.1. The van der Waals surface area contributed by atoms with Gasteiger partial charge in [-0.15, -0.1) is 24.0 Å². The number of benzene rings is 1.